The lowest BCUT2D eigenvalue weighted by Gasteiger charge is -2.30. The van der Waals surface area contributed by atoms with Gasteiger partial charge in [0, 0.05) is 25.7 Å². The number of carboxylic acids is 1. The van der Waals surface area contributed by atoms with Crippen LogP contribution in [0.15, 0.2) is 24.3 Å². The fourth-order valence-electron chi connectivity index (χ4n) is 1.97. The van der Waals surface area contributed by atoms with E-state index in [0.29, 0.717) is 5.02 Å². The molecule has 0 heterocycles. The van der Waals surface area contributed by atoms with Crippen LogP contribution in [-0.2, 0) is 4.79 Å². The zero-order valence-corrected chi connectivity index (χ0v) is 13.5. The van der Waals surface area contributed by atoms with Gasteiger partial charge in [0.1, 0.15) is 0 Å². The van der Waals surface area contributed by atoms with Crippen LogP contribution in [0.5, 0.6) is 0 Å². The van der Waals surface area contributed by atoms with Gasteiger partial charge in [-0.15, -0.1) is 0 Å². The summed E-state index contributed by atoms with van der Waals surface area (Å²) in [5, 5.41) is 9.55. The molecule has 1 N–H and O–H groups in total. The maximum absolute atomic E-state index is 12.3. The number of benzene rings is 1. The summed E-state index contributed by atoms with van der Waals surface area (Å²) in [6.07, 6.45) is 0. The molecule has 0 aliphatic heterocycles. The van der Waals surface area contributed by atoms with Gasteiger partial charge in [0.05, 0.1) is 12.0 Å². The third-order valence-electron chi connectivity index (χ3n) is 3.53. The van der Waals surface area contributed by atoms with E-state index in [1.807, 2.05) is 19.1 Å². The Balaban J connectivity index is 2.72. The molecule has 0 spiro atoms. The zero-order chi connectivity index (χ0) is 16.2. The van der Waals surface area contributed by atoms with Gasteiger partial charge in [-0.05, 0) is 24.6 Å². The van der Waals surface area contributed by atoms with E-state index < -0.39 is 11.9 Å². The molecule has 2 unspecified atom stereocenters. The molecule has 1 aromatic rings. The molecule has 2 atom stereocenters. The lowest BCUT2D eigenvalue weighted by Crippen LogP contribution is -2.42. The van der Waals surface area contributed by atoms with Crippen molar-refractivity contribution in [1.82, 2.24) is 9.80 Å². The molecule has 1 aromatic carbocycles. The number of aliphatic carboxylic acids is 1. The van der Waals surface area contributed by atoms with Crippen molar-refractivity contribution in [3.63, 3.8) is 0 Å². The summed E-state index contributed by atoms with van der Waals surface area (Å²) in [4.78, 5) is 26.2. The minimum Gasteiger partial charge on any atom is -0.481 e. The van der Waals surface area contributed by atoms with E-state index >= 15 is 0 Å². The number of halogens is 1. The van der Waals surface area contributed by atoms with Crippen LogP contribution in [0.1, 0.15) is 25.5 Å². The minimum atomic E-state index is -0.914. The summed E-state index contributed by atoms with van der Waals surface area (Å²) in [7, 11) is 3.30. The highest BCUT2D eigenvalue weighted by Gasteiger charge is 2.23. The second kappa shape index (κ2) is 7.31. The molecule has 0 saturated heterocycles. The second-order valence-corrected chi connectivity index (χ2v) is 5.68. The third kappa shape index (κ3) is 4.63. The van der Waals surface area contributed by atoms with Crippen molar-refractivity contribution in [2.75, 3.05) is 20.6 Å². The molecule has 0 saturated carbocycles. The van der Waals surface area contributed by atoms with Crippen molar-refractivity contribution in [3.8, 4) is 0 Å². The van der Waals surface area contributed by atoms with Crippen molar-refractivity contribution in [2.24, 2.45) is 5.92 Å². The van der Waals surface area contributed by atoms with Crippen molar-refractivity contribution >= 4 is 23.6 Å². The van der Waals surface area contributed by atoms with E-state index in [2.05, 4.69) is 0 Å². The van der Waals surface area contributed by atoms with Crippen molar-refractivity contribution in [1.29, 1.82) is 0 Å². The van der Waals surface area contributed by atoms with Gasteiger partial charge in [0.15, 0.2) is 0 Å². The Bertz CT molecular complexity index is 504. The van der Waals surface area contributed by atoms with Gasteiger partial charge in [-0.1, -0.05) is 30.7 Å². The number of carboxylic acid groups (broad SMARTS) is 1. The average Bonchev–Trinajstić information content (AvgIpc) is 2.45. The minimum absolute atomic E-state index is 0.127. The maximum atomic E-state index is 12.3. The molecule has 116 valence electrons. The van der Waals surface area contributed by atoms with E-state index in [0.717, 1.165) is 5.56 Å². The summed E-state index contributed by atoms with van der Waals surface area (Å²) in [6, 6.07) is 6.96. The number of hydrogen-bond acceptors (Lipinski definition) is 2. The Labute approximate surface area is 130 Å². The van der Waals surface area contributed by atoms with Crippen LogP contribution < -0.4 is 0 Å². The number of amides is 2. The highest BCUT2D eigenvalue weighted by molar-refractivity contribution is 6.30. The molecule has 0 aromatic heterocycles. The first-order valence-electron chi connectivity index (χ1n) is 6.70. The topological polar surface area (TPSA) is 60.9 Å². The van der Waals surface area contributed by atoms with E-state index in [4.69, 9.17) is 16.7 Å². The Morgan fingerprint density at radius 3 is 2.19 bits per heavy atom. The van der Waals surface area contributed by atoms with Gasteiger partial charge in [-0.3, -0.25) is 4.79 Å². The fourth-order valence-corrected chi connectivity index (χ4v) is 2.09. The highest BCUT2D eigenvalue weighted by atomic mass is 35.5. The first kappa shape index (κ1) is 17.3. The summed E-state index contributed by atoms with van der Waals surface area (Å²) >= 11 is 5.85. The van der Waals surface area contributed by atoms with Gasteiger partial charge in [-0.2, -0.15) is 0 Å². The quantitative estimate of drug-likeness (QED) is 0.908. The van der Waals surface area contributed by atoms with Crippen LogP contribution in [0, 0.1) is 5.92 Å². The monoisotopic (exact) mass is 312 g/mol. The number of urea groups is 1. The number of nitrogens with zero attached hydrogens (tertiary/aromatic N) is 2. The van der Waals surface area contributed by atoms with E-state index in [-0.39, 0.29) is 18.6 Å². The molecule has 2 amide bonds. The molecular formula is C15H21ClN2O3. The molecule has 5 nitrogen and oxygen atoms in total. The second-order valence-electron chi connectivity index (χ2n) is 5.24. The third-order valence-corrected chi connectivity index (χ3v) is 3.78. The Morgan fingerprint density at radius 1 is 1.19 bits per heavy atom. The summed E-state index contributed by atoms with van der Waals surface area (Å²) < 4.78 is 0. The van der Waals surface area contributed by atoms with Gasteiger partial charge < -0.3 is 14.9 Å². The van der Waals surface area contributed by atoms with Crippen LogP contribution in [-0.4, -0.2) is 47.5 Å². The average molecular weight is 313 g/mol. The smallest absolute Gasteiger partial charge is 0.320 e. The first-order valence-corrected chi connectivity index (χ1v) is 7.08. The summed E-state index contributed by atoms with van der Waals surface area (Å²) in [5.74, 6) is -1.51. The number of rotatable bonds is 5. The van der Waals surface area contributed by atoms with Crippen molar-refractivity contribution in [2.45, 2.75) is 19.9 Å². The molecule has 0 aliphatic rings. The standard InChI is InChI=1S/C15H21ClN2O3/c1-10(14(19)20)9-17(3)15(21)18(4)11(2)12-5-7-13(16)8-6-12/h5-8,10-11H,9H2,1-4H3,(H,19,20). The predicted octanol–water partition coefficient (Wildman–Crippen LogP) is 3.11. The van der Waals surface area contributed by atoms with Gasteiger partial charge in [-0.25, -0.2) is 4.79 Å². The Morgan fingerprint density at radius 2 is 1.71 bits per heavy atom. The molecule has 0 aliphatic carbocycles. The number of hydrogen-bond donors (Lipinski definition) is 1. The molecule has 0 bridgehead atoms. The predicted molar refractivity (Wildman–Crippen MR) is 82.5 cm³/mol. The van der Waals surface area contributed by atoms with E-state index in [1.54, 1.807) is 38.1 Å². The first-order chi connectivity index (χ1) is 9.73. The van der Waals surface area contributed by atoms with Crippen molar-refractivity contribution in [3.05, 3.63) is 34.9 Å². The number of carbonyl (C=O) groups excluding carboxylic acids is 1. The van der Waals surface area contributed by atoms with Gasteiger partial charge >= 0.3 is 12.0 Å². The normalized spacial score (nSPS) is 13.4. The number of carbonyl (C=O) groups is 2. The van der Waals surface area contributed by atoms with Crippen molar-refractivity contribution < 1.29 is 14.7 Å². The van der Waals surface area contributed by atoms with Crippen LogP contribution in [0.4, 0.5) is 4.79 Å². The fraction of sp³-hybridized carbons (Fsp3) is 0.467. The van der Waals surface area contributed by atoms with Gasteiger partial charge in [0.25, 0.3) is 0 Å². The van der Waals surface area contributed by atoms with Crippen LogP contribution >= 0.6 is 11.6 Å². The molecule has 6 heteroatoms. The molecular weight excluding hydrogens is 292 g/mol. The summed E-state index contributed by atoms with van der Waals surface area (Å²) in [5.41, 5.74) is 0.968. The van der Waals surface area contributed by atoms with Crippen LogP contribution in [0.2, 0.25) is 5.02 Å². The lowest BCUT2D eigenvalue weighted by atomic mass is 10.1. The zero-order valence-electron chi connectivity index (χ0n) is 12.7. The van der Waals surface area contributed by atoms with E-state index in [9.17, 15) is 9.59 Å². The molecule has 0 radical (unpaired) electrons. The van der Waals surface area contributed by atoms with E-state index in [1.165, 1.54) is 4.90 Å². The van der Waals surface area contributed by atoms with Crippen LogP contribution in [0.3, 0.4) is 0 Å². The molecule has 21 heavy (non-hydrogen) atoms. The maximum Gasteiger partial charge on any atom is 0.320 e. The lowest BCUT2D eigenvalue weighted by molar-refractivity contribution is -0.141. The highest BCUT2D eigenvalue weighted by Crippen LogP contribution is 2.21. The Kier molecular flexibility index (Phi) is 6.03. The largest absolute Gasteiger partial charge is 0.481 e. The SMILES string of the molecule is CC(CN(C)C(=O)N(C)C(C)c1ccc(Cl)cc1)C(=O)O. The molecule has 1 rings (SSSR count). The molecule has 0 fully saturated rings. The van der Waals surface area contributed by atoms with Gasteiger partial charge in [0.2, 0.25) is 0 Å². The summed E-state index contributed by atoms with van der Waals surface area (Å²) in [6.45, 7) is 3.66. The van der Waals surface area contributed by atoms with Crippen LogP contribution in [0.25, 0.3) is 0 Å². The Hall–Kier alpha value is -1.75.